The van der Waals surface area contributed by atoms with Crippen LogP contribution in [0, 0.1) is 0 Å². The fourth-order valence-corrected chi connectivity index (χ4v) is 3.57. The molecule has 0 saturated carbocycles. The summed E-state index contributed by atoms with van der Waals surface area (Å²) in [4.78, 5) is 35.8. The van der Waals surface area contributed by atoms with E-state index in [1.54, 1.807) is 0 Å². The zero-order valence-electron chi connectivity index (χ0n) is 17.1. The highest BCUT2D eigenvalue weighted by Gasteiger charge is 2.56. The maximum absolute atomic E-state index is 13.4. The Morgan fingerprint density at radius 3 is 2.65 bits per heavy atom. The quantitative estimate of drug-likeness (QED) is 0.400. The standard InChI is InChI=1S/C18H15F5N8O3/c1-16(29-15(33)34)8-10(24)26-12(27-11(8)28-14(16)32)9-7-3-2-5-25-13(7)31(30-9)6-4-17(19,20)18(21,22)23/h2-3,5,29H,4,6H2,1H3,(H,33,34)(H3,24,26,27,28,32). The molecule has 5 N–H and O–H groups in total. The van der Waals surface area contributed by atoms with Crippen LogP contribution in [-0.4, -0.2) is 53.9 Å². The molecule has 1 unspecified atom stereocenters. The van der Waals surface area contributed by atoms with Crippen molar-refractivity contribution in [1.82, 2.24) is 30.0 Å². The van der Waals surface area contributed by atoms with Crippen LogP contribution in [0.3, 0.4) is 0 Å². The van der Waals surface area contributed by atoms with Gasteiger partial charge in [-0.15, -0.1) is 0 Å². The van der Waals surface area contributed by atoms with E-state index < -0.39 is 42.6 Å². The molecule has 0 radical (unpaired) electrons. The summed E-state index contributed by atoms with van der Waals surface area (Å²) < 4.78 is 65.4. The normalized spacial score (nSPS) is 18.1. The van der Waals surface area contributed by atoms with E-state index in [1.807, 2.05) is 0 Å². The lowest BCUT2D eigenvalue weighted by Crippen LogP contribution is -2.48. The minimum atomic E-state index is -5.72. The van der Waals surface area contributed by atoms with Crippen LogP contribution in [0.5, 0.6) is 0 Å². The first-order valence-corrected chi connectivity index (χ1v) is 9.51. The van der Waals surface area contributed by atoms with Crippen molar-refractivity contribution < 1.29 is 36.6 Å². The molecule has 0 aliphatic carbocycles. The fourth-order valence-electron chi connectivity index (χ4n) is 3.57. The van der Waals surface area contributed by atoms with Crippen LogP contribution in [0.15, 0.2) is 18.3 Å². The monoisotopic (exact) mass is 486 g/mol. The SMILES string of the molecule is CC1(NC(=O)O)C(=O)Nc2nc(-c3nn(CCC(F)(F)C(F)(F)F)c4ncccc34)nc(N)c21. The summed E-state index contributed by atoms with van der Waals surface area (Å²) in [7, 11) is 0. The van der Waals surface area contributed by atoms with E-state index in [0.29, 0.717) is 0 Å². The second-order valence-corrected chi connectivity index (χ2v) is 7.56. The number of carboxylic acid groups (broad SMARTS) is 1. The van der Waals surface area contributed by atoms with Crippen molar-refractivity contribution >= 4 is 34.7 Å². The first kappa shape index (κ1) is 23.1. The van der Waals surface area contributed by atoms with Crippen LogP contribution in [-0.2, 0) is 16.9 Å². The molecule has 1 aliphatic rings. The van der Waals surface area contributed by atoms with Crippen LogP contribution < -0.4 is 16.4 Å². The number of pyridine rings is 1. The van der Waals surface area contributed by atoms with Gasteiger partial charge in [-0.2, -0.15) is 27.1 Å². The third kappa shape index (κ3) is 3.60. The fraction of sp³-hybridized carbons (Fsp3) is 0.333. The summed E-state index contributed by atoms with van der Waals surface area (Å²) in [5.74, 6) is -6.28. The van der Waals surface area contributed by atoms with Gasteiger partial charge in [0.2, 0.25) is 0 Å². The summed E-state index contributed by atoms with van der Waals surface area (Å²) in [5.41, 5.74) is 4.13. The Morgan fingerprint density at radius 2 is 2.00 bits per heavy atom. The number of alkyl halides is 5. The zero-order valence-corrected chi connectivity index (χ0v) is 17.1. The molecule has 1 atom stereocenters. The van der Waals surface area contributed by atoms with Gasteiger partial charge in [0.1, 0.15) is 17.3 Å². The number of hydrogen-bond donors (Lipinski definition) is 4. The highest BCUT2D eigenvalue weighted by Crippen LogP contribution is 2.40. The number of carbonyl (C=O) groups excluding carboxylic acids is 1. The van der Waals surface area contributed by atoms with Gasteiger partial charge in [0.25, 0.3) is 5.91 Å². The lowest BCUT2D eigenvalue weighted by molar-refractivity contribution is -0.285. The Morgan fingerprint density at radius 1 is 1.29 bits per heavy atom. The second kappa shape index (κ2) is 7.46. The molecule has 11 nitrogen and oxygen atoms in total. The molecular formula is C18H15F5N8O3. The van der Waals surface area contributed by atoms with Crippen LogP contribution in [0.25, 0.3) is 22.6 Å². The van der Waals surface area contributed by atoms with Gasteiger partial charge >= 0.3 is 18.2 Å². The molecule has 16 heteroatoms. The number of anilines is 2. The van der Waals surface area contributed by atoms with Gasteiger partial charge in [-0.25, -0.2) is 24.4 Å². The number of nitrogens with zero attached hydrogens (tertiary/aromatic N) is 5. The molecule has 0 bridgehead atoms. The lowest BCUT2D eigenvalue weighted by atomic mass is 9.95. The second-order valence-electron chi connectivity index (χ2n) is 7.56. The van der Waals surface area contributed by atoms with E-state index in [0.717, 1.165) is 4.68 Å². The van der Waals surface area contributed by atoms with Crippen molar-refractivity contribution in [2.45, 2.75) is 37.5 Å². The van der Waals surface area contributed by atoms with E-state index >= 15 is 0 Å². The summed E-state index contributed by atoms with van der Waals surface area (Å²) in [6, 6.07) is 2.96. The van der Waals surface area contributed by atoms with E-state index in [1.165, 1.54) is 25.3 Å². The molecule has 0 saturated heterocycles. The minimum Gasteiger partial charge on any atom is -0.465 e. The van der Waals surface area contributed by atoms with Crippen LogP contribution in [0.2, 0.25) is 0 Å². The van der Waals surface area contributed by atoms with Crippen LogP contribution >= 0.6 is 0 Å². The molecule has 3 aromatic heterocycles. The van der Waals surface area contributed by atoms with Crippen molar-refractivity contribution in [1.29, 1.82) is 0 Å². The molecule has 2 amide bonds. The number of aromatic nitrogens is 5. The smallest absolute Gasteiger partial charge is 0.453 e. The number of nitrogens with two attached hydrogens (primary N) is 1. The third-order valence-electron chi connectivity index (χ3n) is 5.25. The molecule has 34 heavy (non-hydrogen) atoms. The van der Waals surface area contributed by atoms with E-state index in [9.17, 15) is 31.5 Å². The van der Waals surface area contributed by atoms with Gasteiger partial charge < -0.3 is 21.5 Å². The number of amides is 2. The number of hydrogen-bond acceptors (Lipinski definition) is 7. The van der Waals surface area contributed by atoms with Crippen molar-refractivity contribution in [3.63, 3.8) is 0 Å². The zero-order chi connectivity index (χ0) is 25.1. The van der Waals surface area contributed by atoms with Gasteiger partial charge in [0, 0.05) is 19.2 Å². The number of nitrogen functional groups attached to an aromatic ring is 1. The average molecular weight is 486 g/mol. The van der Waals surface area contributed by atoms with Gasteiger partial charge in [0.05, 0.1) is 10.9 Å². The summed E-state index contributed by atoms with van der Waals surface area (Å²) in [6.07, 6.45) is -7.50. The number of rotatable bonds is 5. The van der Waals surface area contributed by atoms with E-state index in [-0.39, 0.29) is 39.8 Å². The van der Waals surface area contributed by atoms with Crippen molar-refractivity contribution in [3.8, 4) is 11.5 Å². The first-order valence-electron chi connectivity index (χ1n) is 9.51. The Labute approximate surface area is 186 Å². The molecule has 0 spiro atoms. The molecule has 1 aliphatic heterocycles. The van der Waals surface area contributed by atoms with Crippen molar-refractivity contribution in [2.24, 2.45) is 0 Å². The summed E-state index contributed by atoms with van der Waals surface area (Å²) in [5, 5.41) is 17.8. The van der Waals surface area contributed by atoms with E-state index in [4.69, 9.17) is 10.8 Å². The largest absolute Gasteiger partial charge is 0.465 e. The first-order chi connectivity index (χ1) is 15.7. The molecule has 180 valence electrons. The summed E-state index contributed by atoms with van der Waals surface area (Å²) >= 11 is 0. The predicted octanol–water partition coefficient (Wildman–Crippen LogP) is 2.49. The maximum atomic E-state index is 13.4. The Balaban J connectivity index is 1.78. The topological polar surface area (TPSA) is 161 Å². The molecule has 0 aromatic carbocycles. The lowest BCUT2D eigenvalue weighted by Gasteiger charge is -2.22. The van der Waals surface area contributed by atoms with Gasteiger partial charge in [0.15, 0.2) is 17.0 Å². The molecule has 4 rings (SSSR count). The highest BCUT2D eigenvalue weighted by atomic mass is 19.4. The summed E-state index contributed by atoms with van der Waals surface area (Å²) in [6.45, 7) is 0.439. The highest BCUT2D eigenvalue weighted by molar-refractivity contribution is 6.07. The number of fused-ring (bicyclic) bond motifs is 2. The predicted molar refractivity (Wildman–Crippen MR) is 106 cm³/mol. The number of aryl methyl sites for hydroxylation is 1. The average Bonchev–Trinajstić information content (AvgIpc) is 3.20. The number of halogens is 5. The molecule has 4 heterocycles. The van der Waals surface area contributed by atoms with Crippen LogP contribution in [0.4, 0.5) is 38.4 Å². The van der Waals surface area contributed by atoms with Gasteiger partial charge in [-0.1, -0.05) is 0 Å². The number of nitrogens with one attached hydrogen (secondary N) is 2. The maximum Gasteiger partial charge on any atom is 0.453 e. The van der Waals surface area contributed by atoms with Gasteiger partial charge in [-0.05, 0) is 19.1 Å². The Hall–Kier alpha value is -4.11. The Kier molecular flexibility index (Phi) is 5.06. The van der Waals surface area contributed by atoms with Crippen molar-refractivity contribution in [3.05, 3.63) is 23.9 Å². The van der Waals surface area contributed by atoms with Crippen LogP contribution in [0.1, 0.15) is 18.9 Å². The van der Waals surface area contributed by atoms with E-state index in [2.05, 4.69) is 30.7 Å². The molecule has 3 aromatic rings. The number of carbonyl (C=O) groups is 2. The van der Waals surface area contributed by atoms with Crippen molar-refractivity contribution in [2.75, 3.05) is 11.1 Å². The van der Waals surface area contributed by atoms with Gasteiger partial charge in [-0.3, -0.25) is 4.79 Å². The minimum absolute atomic E-state index is 0.000405. The Bertz CT molecular complexity index is 1320. The third-order valence-corrected chi connectivity index (χ3v) is 5.25. The molecular weight excluding hydrogens is 471 g/mol. The molecule has 0 fully saturated rings.